The molecule has 0 N–H and O–H groups in total. The first-order valence-electron chi connectivity index (χ1n) is 6.54. The molecule has 0 amide bonds. The molecule has 102 valence electrons. The summed E-state index contributed by atoms with van der Waals surface area (Å²) < 4.78 is 28.1. The first-order valence-corrected chi connectivity index (χ1v) is 6.54. The molecule has 0 saturated carbocycles. The maximum absolute atomic E-state index is 11.7. The lowest BCUT2D eigenvalue weighted by atomic mass is 10.1. The average Bonchev–Trinajstić information content (AvgIpc) is 2.29. The minimum atomic E-state index is -2.44. The van der Waals surface area contributed by atoms with Gasteiger partial charge in [-0.1, -0.05) is 39.0 Å². The number of hydrogen-bond donors (Lipinski definition) is 0. The molecule has 0 aliphatic carbocycles. The highest BCUT2D eigenvalue weighted by atomic mass is 19.3. The molecule has 0 aliphatic rings. The van der Waals surface area contributed by atoms with E-state index >= 15 is 0 Å². The van der Waals surface area contributed by atoms with Crippen LogP contribution in [0.5, 0.6) is 0 Å². The Morgan fingerprint density at radius 1 is 1.06 bits per heavy atom. The zero-order chi connectivity index (χ0) is 12.9. The normalized spacial score (nSPS) is 11.1. The Balaban J connectivity index is 3.18. The van der Waals surface area contributed by atoms with E-state index in [4.69, 9.17) is 0 Å². The van der Waals surface area contributed by atoms with Gasteiger partial charge >= 0.3 is 0 Å². The van der Waals surface area contributed by atoms with Crippen molar-refractivity contribution in [3.63, 3.8) is 0 Å². The van der Waals surface area contributed by atoms with E-state index in [0.717, 1.165) is 12.8 Å². The molecule has 0 aliphatic heterocycles. The molecule has 0 saturated heterocycles. The molecule has 0 aromatic rings. The van der Waals surface area contributed by atoms with Crippen molar-refractivity contribution in [1.29, 1.82) is 0 Å². The summed E-state index contributed by atoms with van der Waals surface area (Å²) in [6.45, 7) is 1.73. The van der Waals surface area contributed by atoms with Crippen LogP contribution in [-0.4, -0.2) is 25.4 Å². The van der Waals surface area contributed by atoms with Crippen molar-refractivity contribution in [2.75, 3.05) is 13.2 Å². The summed E-state index contributed by atoms with van der Waals surface area (Å²) in [5, 5.41) is 0. The number of halogens is 2. The molecule has 0 spiro atoms. The first-order chi connectivity index (χ1) is 8.16. The molecule has 4 heteroatoms. The van der Waals surface area contributed by atoms with Crippen LogP contribution in [0.2, 0.25) is 0 Å². The third-order valence-electron chi connectivity index (χ3n) is 2.58. The second-order valence-electron chi connectivity index (χ2n) is 4.27. The predicted molar refractivity (Wildman–Crippen MR) is 64.4 cm³/mol. The van der Waals surface area contributed by atoms with Gasteiger partial charge in [0.1, 0.15) is 12.4 Å². The Bertz CT molecular complexity index is 184. The summed E-state index contributed by atoms with van der Waals surface area (Å²) in [5.74, 6) is 0.120. The smallest absolute Gasteiger partial charge is 0.261 e. The van der Waals surface area contributed by atoms with Crippen LogP contribution in [0.3, 0.4) is 0 Å². The van der Waals surface area contributed by atoms with Crippen molar-refractivity contribution in [2.24, 2.45) is 0 Å². The third kappa shape index (κ3) is 13.4. The first kappa shape index (κ1) is 16.5. The maximum atomic E-state index is 11.7. The van der Waals surface area contributed by atoms with E-state index in [0.29, 0.717) is 6.42 Å². The number of unbranched alkanes of at least 4 members (excludes halogenated alkanes) is 5. The van der Waals surface area contributed by atoms with E-state index in [-0.39, 0.29) is 18.8 Å². The van der Waals surface area contributed by atoms with Gasteiger partial charge < -0.3 is 4.74 Å². The molecular weight excluding hydrogens is 226 g/mol. The van der Waals surface area contributed by atoms with Gasteiger partial charge in [-0.05, 0) is 6.42 Å². The summed E-state index contributed by atoms with van der Waals surface area (Å²) in [4.78, 5) is 11.3. The van der Waals surface area contributed by atoms with Crippen LogP contribution in [0, 0.1) is 0 Å². The van der Waals surface area contributed by atoms with Gasteiger partial charge in [-0.2, -0.15) is 0 Å². The van der Waals surface area contributed by atoms with Gasteiger partial charge in [0.05, 0.1) is 6.61 Å². The van der Waals surface area contributed by atoms with Crippen molar-refractivity contribution in [3.05, 3.63) is 0 Å². The van der Waals surface area contributed by atoms with E-state index in [1.54, 1.807) is 0 Å². The van der Waals surface area contributed by atoms with Crippen LogP contribution in [-0.2, 0) is 9.53 Å². The van der Waals surface area contributed by atoms with Crippen molar-refractivity contribution in [3.8, 4) is 0 Å². The zero-order valence-corrected chi connectivity index (χ0v) is 10.7. The summed E-state index contributed by atoms with van der Waals surface area (Å²) in [5.41, 5.74) is 0. The van der Waals surface area contributed by atoms with Gasteiger partial charge in [0.15, 0.2) is 0 Å². The van der Waals surface area contributed by atoms with Gasteiger partial charge in [0.25, 0.3) is 6.43 Å². The second-order valence-corrected chi connectivity index (χ2v) is 4.27. The van der Waals surface area contributed by atoms with E-state index in [1.807, 2.05) is 0 Å². The van der Waals surface area contributed by atoms with Crippen LogP contribution >= 0.6 is 0 Å². The van der Waals surface area contributed by atoms with Crippen LogP contribution in [0.15, 0.2) is 0 Å². The molecule has 0 radical (unpaired) electrons. The van der Waals surface area contributed by atoms with E-state index in [1.165, 1.54) is 25.7 Å². The molecule has 0 heterocycles. The number of hydrogen-bond acceptors (Lipinski definition) is 2. The number of rotatable bonds is 12. The van der Waals surface area contributed by atoms with Crippen molar-refractivity contribution in [2.45, 2.75) is 64.7 Å². The van der Waals surface area contributed by atoms with E-state index < -0.39 is 13.0 Å². The van der Waals surface area contributed by atoms with Gasteiger partial charge in [-0.3, -0.25) is 4.79 Å². The fraction of sp³-hybridized carbons (Fsp3) is 0.923. The molecule has 0 rings (SSSR count). The lowest BCUT2D eigenvalue weighted by Crippen LogP contribution is -2.09. The Morgan fingerprint density at radius 3 is 2.35 bits per heavy atom. The fourth-order valence-corrected chi connectivity index (χ4v) is 1.59. The molecule has 0 bridgehead atoms. The number of alkyl halides is 2. The number of Topliss-reactive ketones (excluding diaryl/α,β-unsaturated/α-hetero) is 1. The molecule has 0 atom stereocenters. The Kier molecular flexibility index (Phi) is 11.6. The van der Waals surface area contributed by atoms with Crippen LogP contribution in [0.1, 0.15) is 58.3 Å². The largest absolute Gasteiger partial charge is 0.375 e. The van der Waals surface area contributed by atoms with Crippen LogP contribution in [0.25, 0.3) is 0 Å². The summed E-state index contributed by atoms with van der Waals surface area (Å²) in [6.07, 6.45) is 5.29. The number of carbonyl (C=O) groups excluding carboxylic acids is 1. The molecule has 0 aromatic carbocycles. The lowest BCUT2D eigenvalue weighted by Gasteiger charge is -2.03. The molecule has 0 aromatic heterocycles. The van der Waals surface area contributed by atoms with E-state index in [9.17, 15) is 13.6 Å². The van der Waals surface area contributed by atoms with Gasteiger partial charge in [-0.25, -0.2) is 8.78 Å². The molecule has 0 unspecified atom stereocenters. The van der Waals surface area contributed by atoms with Crippen molar-refractivity contribution in [1.82, 2.24) is 0 Å². The highest BCUT2D eigenvalue weighted by molar-refractivity contribution is 5.78. The standard InChI is InChI=1S/C13H24F2O2/c1-2-3-4-5-6-7-8-12(16)9-10-17-11-13(14)15/h13H,2-11H2,1H3. The summed E-state index contributed by atoms with van der Waals surface area (Å²) >= 11 is 0. The third-order valence-corrected chi connectivity index (χ3v) is 2.58. The average molecular weight is 250 g/mol. The minimum Gasteiger partial charge on any atom is -0.375 e. The minimum absolute atomic E-state index is 0.120. The number of ether oxygens (including phenoxy) is 1. The predicted octanol–water partition coefficient (Wildman–Crippen LogP) is 3.98. The van der Waals surface area contributed by atoms with Gasteiger partial charge in [0.2, 0.25) is 0 Å². The Labute approximate surface area is 103 Å². The van der Waals surface area contributed by atoms with Crippen molar-refractivity contribution < 1.29 is 18.3 Å². The zero-order valence-electron chi connectivity index (χ0n) is 10.7. The Morgan fingerprint density at radius 2 is 1.71 bits per heavy atom. The molecular formula is C13H24F2O2. The van der Waals surface area contributed by atoms with Gasteiger partial charge in [0, 0.05) is 12.8 Å². The molecule has 17 heavy (non-hydrogen) atoms. The monoisotopic (exact) mass is 250 g/mol. The number of ketones is 1. The Hall–Kier alpha value is -0.510. The van der Waals surface area contributed by atoms with Crippen molar-refractivity contribution >= 4 is 5.78 Å². The number of carbonyl (C=O) groups is 1. The maximum Gasteiger partial charge on any atom is 0.261 e. The van der Waals surface area contributed by atoms with Crippen LogP contribution in [0.4, 0.5) is 8.78 Å². The molecule has 2 nitrogen and oxygen atoms in total. The fourth-order valence-electron chi connectivity index (χ4n) is 1.59. The lowest BCUT2D eigenvalue weighted by molar-refractivity contribution is -0.120. The quantitative estimate of drug-likeness (QED) is 0.490. The molecule has 0 fully saturated rings. The van der Waals surface area contributed by atoms with Crippen LogP contribution < -0.4 is 0 Å². The summed E-state index contributed by atoms with van der Waals surface area (Å²) in [7, 11) is 0. The van der Waals surface area contributed by atoms with Gasteiger partial charge in [-0.15, -0.1) is 0 Å². The topological polar surface area (TPSA) is 26.3 Å². The summed E-state index contributed by atoms with van der Waals surface area (Å²) in [6, 6.07) is 0. The highest BCUT2D eigenvalue weighted by Crippen LogP contribution is 2.08. The van der Waals surface area contributed by atoms with E-state index in [2.05, 4.69) is 11.7 Å². The highest BCUT2D eigenvalue weighted by Gasteiger charge is 2.04. The SMILES string of the molecule is CCCCCCCCC(=O)CCOCC(F)F. The second kappa shape index (κ2) is 12.0.